The highest BCUT2D eigenvalue weighted by Gasteiger charge is 2.15. The van der Waals surface area contributed by atoms with Gasteiger partial charge in [-0.3, -0.25) is 4.79 Å². The molecular weight excluding hydrogens is 353 g/mol. The minimum atomic E-state index is -0.430. The van der Waals surface area contributed by atoms with Crippen LogP contribution < -0.4 is 11.1 Å². The first kappa shape index (κ1) is 17.9. The molecule has 3 rings (SSSR count). The molecule has 0 saturated heterocycles. The summed E-state index contributed by atoms with van der Waals surface area (Å²) in [5.41, 5.74) is 9.17. The van der Waals surface area contributed by atoms with E-state index in [1.807, 2.05) is 13.0 Å². The number of para-hydroxylation sites is 1. The number of anilines is 2. The van der Waals surface area contributed by atoms with Crippen LogP contribution in [0.25, 0.3) is 11.1 Å². The van der Waals surface area contributed by atoms with E-state index < -0.39 is 5.91 Å². The largest absolute Gasteiger partial charge is 0.383 e. The Balaban J connectivity index is 1.97. The predicted molar refractivity (Wildman–Crippen MR) is 103 cm³/mol. The summed E-state index contributed by atoms with van der Waals surface area (Å²) in [4.78, 5) is 16.8. The fourth-order valence-electron chi connectivity index (χ4n) is 2.56. The molecule has 0 bridgehead atoms. The van der Waals surface area contributed by atoms with E-state index >= 15 is 0 Å². The van der Waals surface area contributed by atoms with Crippen molar-refractivity contribution in [3.63, 3.8) is 0 Å². The molecular formula is C20H17ClFN3O. The molecule has 6 heteroatoms. The number of benzene rings is 2. The number of carbonyl (C=O) groups is 1. The van der Waals surface area contributed by atoms with E-state index in [4.69, 9.17) is 17.3 Å². The van der Waals surface area contributed by atoms with Gasteiger partial charge in [0.1, 0.15) is 11.6 Å². The average Bonchev–Trinajstić information content (AvgIpc) is 2.61. The van der Waals surface area contributed by atoms with Crippen molar-refractivity contribution in [3.8, 4) is 11.1 Å². The van der Waals surface area contributed by atoms with Crippen LogP contribution in [0.15, 0.2) is 48.7 Å². The molecule has 0 aliphatic heterocycles. The van der Waals surface area contributed by atoms with Crippen LogP contribution in [0, 0.1) is 19.7 Å². The second kappa shape index (κ2) is 7.14. The van der Waals surface area contributed by atoms with E-state index in [1.54, 1.807) is 37.3 Å². The Morgan fingerprint density at radius 1 is 1.12 bits per heavy atom. The predicted octanol–water partition coefficient (Wildman–Crippen LogP) is 4.99. The smallest absolute Gasteiger partial charge is 0.259 e. The number of aromatic nitrogens is 1. The van der Waals surface area contributed by atoms with Crippen LogP contribution in [0.1, 0.15) is 21.5 Å². The van der Waals surface area contributed by atoms with E-state index in [9.17, 15) is 9.18 Å². The lowest BCUT2D eigenvalue weighted by Crippen LogP contribution is -2.16. The number of pyridine rings is 1. The number of nitrogens with zero attached hydrogens (tertiary/aromatic N) is 1. The molecule has 26 heavy (non-hydrogen) atoms. The molecule has 0 radical (unpaired) electrons. The van der Waals surface area contributed by atoms with E-state index in [1.165, 1.54) is 12.3 Å². The molecule has 0 atom stereocenters. The molecule has 0 unspecified atom stereocenters. The molecule has 3 N–H and O–H groups in total. The number of aryl methyl sites for hydroxylation is 2. The second-order valence-electron chi connectivity index (χ2n) is 6.01. The highest BCUT2D eigenvalue weighted by Crippen LogP contribution is 2.28. The number of amides is 1. The number of halogens is 2. The third-order valence-electron chi connectivity index (χ3n) is 4.13. The van der Waals surface area contributed by atoms with Crippen molar-refractivity contribution in [3.05, 3.63) is 76.2 Å². The van der Waals surface area contributed by atoms with Gasteiger partial charge in [-0.25, -0.2) is 9.37 Å². The van der Waals surface area contributed by atoms with E-state index in [0.29, 0.717) is 27.4 Å². The van der Waals surface area contributed by atoms with Gasteiger partial charge in [0.2, 0.25) is 0 Å². The zero-order valence-corrected chi connectivity index (χ0v) is 15.1. The number of nitrogens with one attached hydrogen (secondary N) is 1. The fourth-order valence-corrected chi connectivity index (χ4v) is 2.83. The summed E-state index contributed by atoms with van der Waals surface area (Å²) in [5, 5.41) is 3.20. The van der Waals surface area contributed by atoms with Crippen LogP contribution >= 0.6 is 11.6 Å². The van der Waals surface area contributed by atoms with Gasteiger partial charge < -0.3 is 11.1 Å². The molecule has 1 heterocycles. The summed E-state index contributed by atoms with van der Waals surface area (Å²) in [7, 11) is 0. The van der Waals surface area contributed by atoms with Crippen molar-refractivity contribution < 1.29 is 9.18 Å². The first-order valence-corrected chi connectivity index (χ1v) is 8.33. The highest BCUT2D eigenvalue weighted by atomic mass is 35.5. The lowest BCUT2D eigenvalue weighted by Gasteiger charge is -2.12. The summed E-state index contributed by atoms with van der Waals surface area (Å²) in [6.07, 6.45) is 1.51. The molecule has 1 amide bonds. The van der Waals surface area contributed by atoms with Gasteiger partial charge in [-0.2, -0.15) is 0 Å². The molecule has 0 aliphatic rings. The van der Waals surface area contributed by atoms with Gasteiger partial charge >= 0.3 is 0 Å². The minimum Gasteiger partial charge on any atom is -0.383 e. The Morgan fingerprint density at radius 2 is 1.88 bits per heavy atom. The first-order chi connectivity index (χ1) is 12.4. The lowest BCUT2D eigenvalue weighted by molar-refractivity contribution is 0.102. The van der Waals surface area contributed by atoms with Crippen molar-refractivity contribution in [1.29, 1.82) is 0 Å². The van der Waals surface area contributed by atoms with Gasteiger partial charge in [0.05, 0.1) is 16.3 Å². The Labute approximate surface area is 155 Å². The van der Waals surface area contributed by atoms with Crippen molar-refractivity contribution in [2.45, 2.75) is 13.8 Å². The third kappa shape index (κ3) is 3.53. The minimum absolute atomic E-state index is 0.0866. The molecule has 2 aromatic carbocycles. The number of hydrogen-bond donors (Lipinski definition) is 2. The van der Waals surface area contributed by atoms with Crippen LogP contribution in [0.4, 0.5) is 15.9 Å². The van der Waals surface area contributed by atoms with Crippen LogP contribution in [0.5, 0.6) is 0 Å². The maximum atomic E-state index is 13.8. The first-order valence-electron chi connectivity index (χ1n) is 7.95. The summed E-state index contributed by atoms with van der Waals surface area (Å²) in [6, 6.07) is 11.8. The summed E-state index contributed by atoms with van der Waals surface area (Å²) in [6.45, 7) is 3.53. The van der Waals surface area contributed by atoms with Crippen molar-refractivity contribution in [1.82, 2.24) is 4.98 Å². The summed E-state index contributed by atoms with van der Waals surface area (Å²) < 4.78 is 13.8. The van der Waals surface area contributed by atoms with Crippen LogP contribution in [-0.4, -0.2) is 10.9 Å². The zero-order valence-electron chi connectivity index (χ0n) is 14.3. The fraction of sp³-hybridized carbons (Fsp3) is 0.100. The SMILES string of the molecule is Cc1ccc(-c2cnc(N)c(C(=O)Nc3c(C)cccc3Cl)c2)cc1F. The average molecular weight is 370 g/mol. The summed E-state index contributed by atoms with van der Waals surface area (Å²) in [5.74, 6) is -0.666. The van der Waals surface area contributed by atoms with Crippen LogP contribution in [-0.2, 0) is 0 Å². The highest BCUT2D eigenvalue weighted by molar-refractivity contribution is 6.34. The molecule has 1 aromatic heterocycles. The molecule has 4 nitrogen and oxygen atoms in total. The molecule has 132 valence electrons. The topological polar surface area (TPSA) is 68.0 Å². The summed E-state index contributed by atoms with van der Waals surface area (Å²) >= 11 is 6.16. The van der Waals surface area contributed by atoms with Gasteiger partial charge in [-0.05, 0) is 48.7 Å². The van der Waals surface area contributed by atoms with E-state index in [2.05, 4.69) is 10.3 Å². The van der Waals surface area contributed by atoms with Gasteiger partial charge in [0.15, 0.2) is 0 Å². The van der Waals surface area contributed by atoms with Gasteiger partial charge in [0, 0.05) is 11.8 Å². The van der Waals surface area contributed by atoms with Gasteiger partial charge in [-0.15, -0.1) is 0 Å². The Kier molecular flexibility index (Phi) is 4.91. The quantitative estimate of drug-likeness (QED) is 0.683. The molecule has 0 fully saturated rings. The number of rotatable bonds is 3. The zero-order chi connectivity index (χ0) is 18.8. The van der Waals surface area contributed by atoms with Crippen molar-refractivity contribution in [2.24, 2.45) is 0 Å². The van der Waals surface area contributed by atoms with Crippen molar-refractivity contribution >= 4 is 29.0 Å². The number of nitrogens with two attached hydrogens (primary N) is 1. The Morgan fingerprint density at radius 3 is 2.58 bits per heavy atom. The van der Waals surface area contributed by atoms with Gasteiger partial charge in [-0.1, -0.05) is 35.9 Å². The maximum Gasteiger partial charge on any atom is 0.259 e. The molecule has 0 aliphatic carbocycles. The lowest BCUT2D eigenvalue weighted by atomic mass is 10.0. The Bertz CT molecular complexity index is 984. The maximum absolute atomic E-state index is 13.8. The second-order valence-corrected chi connectivity index (χ2v) is 6.41. The third-order valence-corrected chi connectivity index (χ3v) is 4.44. The molecule has 3 aromatic rings. The Hall–Kier alpha value is -2.92. The molecule has 0 spiro atoms. The van der Waals surface area contributed by atoms with E-state index in [0.717, 1.165) is 5.56 Å². The van der Waals surface area contributed by atoms with E-state index in [-0.39, 0.29) is 17.2 Å². The standard InChI is InChI=1S/C20H17ClFN3O/c1-11-6-7-13(9-17(11)22)14-8-15(19(23)24-10-14)20(26)25-18-12(2)4-3-5-16(18)21/h3-10H,1-2H3,(H2,23,24)(H,25,26). The number of nitrogen functional groups attached to an aromatic ring is 1. The van der Waals surface area contributed by atoms with Crippen molar-refractivity contribution in [2.75, 3.05) is 11.1 Å². The van der Waals surface area contributed by atoms with Gasteiger partial charge in [0.25, 0.3) is 5.91 Å². The number of carbonyl (C=O) groups excluding carboxylic acids is 1. The monoisotopic (exact) mass is 369 g/mol. The van der Waals surface area contributed by atoms with Crippen LogP contribution in [0.3, 0.4) is 0 Å². The normalized spacial score (nSPS) is 10.6. The number of hydrogen-bond acceptors (Lipinski definition) is 3. The van der Waals surface area contributed by atoms with Crippen LogP contribution in [0.2, 0.25) is 5.02 Å². The molecule has 0 saturated carbocycles.